The number of hydrogen-bond acceptors (Lipinski definition) is 1. The van der Waals surface area contributed by atoms with E-state index in [2.05, 4.69) is 4.98 Å². The Kier molecular flexibility index (Phi) is 3.67. The first kappa shape index (κ1) is 14.3. The van der Waals surface area contributed by atoms with Gasteiger partial charge in [-0.25, -0.2) is 0 Å². The summed E-state index contributed by atoms with van der Waals surface area (Å²) in [6.45, 7) is 0. The highest BCUT2D eigenvalue weighted by atomic mass is 19.4. The second kappa shape index (κ2) is 5.64. The Balaban J connectivity index is 2.14. The molecule has 0 saturated heterocycles. The minimum Gasteiger partial charge on any atom is -0.256 e. The van der Waals surface area contributed by atoms with E-state index in [0.29, 0.717) is 11.3 Å². The quantitative estimate of drug-likeness (QED) is 0.614. The first-order valence-electron chi connectivity index (χ1n) is 6.74. The van der Waals surface area contributed by atoms with Crippen LogP contribution in [0.3, 0.4) is 0 Å². The molecule has 0 fully saturated rings. The number of nitrogens with zero attached hydrogens (tertiary/aromatic N) is 1. The average Bonchev–Trinajstić information content (AvgIpc) is 2.55. The van der Waals surface area contributed by atoms with Crippen LogP contribution >= 0.6 is 0 Å². The Bertz CT molecular complexity index is 780. The Labute approximate surface area is 126 Å². The fourth-order valence-electron chi connectivity index (χ4n) is 2.33. The lowest BCUT2D eigenvalue weighted by Gasteiger charge is -2.11. The van der Waals surface area contributed by atoms with Gasteiger partial charge in [0.25, 0.3) is 0 Å². The first-order chi connectivity index (χ1) is 10.6. The van der Waals surface area contributed by atoms with E-state index in [9.17, 15) is 13.2 Å². The van der Waals surface area contributed by atoms with Crippen molar-refractivity contribution in [2.45, 2.75) is 6.18 Å². The SMILES string of the molecule is FC(F)(F)c1cccc(-c2ncccc2-c2ccccc2)c1. The van der Waals surface area contributed by atoms with Crippen LogP contribution in [0.4, 0.5) is 13.2 Å². The maximum Gasteiger partial charge on any atom is 0.416 e. The molecular weight excluding hydrogens is 287 g/mol. The molecule has 0 N–H and O–H groups in total. The zero-order chi connectivity index (χ0) is 15.6. The monoisotopic (exact) mass is 299 g/mol. The molecular formula is C18H12F3N. The molecule has 0 aliphatic heterocycles. The summed E-state index contributed by atoms with van der Waals surface area (Å²) in [4.78, 5) is 4.28. The van der Waals surface area contributed by atoms with Crippen LogP contribution in [-0.4, -0.2) is 4.98 Å². The van der Waals surface area contributed by atoms with Gasteiger partial charge in [-0.3, -0.25) is 4.98 Å². The van der Waals surface area contributed by atoms with Gasteiger partial charge in [0.15, 0.2) is 0 Å². The number of hydrogen-bond donors (Lipinski definition) is 0. The lowest BCUT2D eigenvalue weighted by Crippen LogP contribution is -2.04. The van der Waals surface area contributed by atoms with Crippen LogP contribution < -0.4 is 0 Å². The van der Waals surface area contributed by atoms with Crippen molar-refractivity contribution in [1.29, 1.82) is 0 Å². The van der Waals surface area contributed by atoms with E-state index in [0.717, 1.165) is 23.3 Å². The largest absolute Gasteiger partial charge is 0.416 e. The Hall–Kier alpha value is -2.62. The number of aromatic nitrogens is 1. The summed E-state index contributed by atoms with van der Waals surface area (Å²) >= 11 is 0. The van der Waals surface area contributed by atoms with Crippen molar-refractivity contribution in [3.8, 4) is 22.4 Å². The van der Waals surface area contributed by atoms with E-state index in [-0.39, 0.29) is 0 Å². The number of benzene rings is 2. The average molecular weight is 299 g/mol. The third-order valence-corrected chi connectivity index (χ3v) is 3.36. The molecule has 110 valence electrons. The van der Waals surface area contributed by atoms with Crippen molar-refractivity contribution in [1.82, 2.24) is 4.98 Å². The smallest absolute Gasteiger partial charge is 0.256 e. The Morgan fingerprint density at radius 2 is 1.45 bits per heavy atom. The number of halogens is 3. The summed E-state index contributed by atoms with van der Waals surface area (Å²) in [6, 6.07) is 18.4. The highest BCUT2D eigenvalue weighted by molar-refractivity contribution is 5.80. The Morgan fingerprint density at radius 3 is 2.18 bits per heavy atom. The molecule has 0 radical (unpaired) electrons. The van der Waals surface area contributed by atoms with Crippen molar-refractivity contribution >= 4 is 0 Å². The van der Waals surface area contributed by atoms with Gasteiger partial charge in [-0.15, -0.1) is 0 Å². The molecule has 0 bridgehead atoms. The number of pyridine rings is 1. The van der Waals surface area contributed by atoms with Gasteiger partial charge in [0.2, 0.25) is 0 Å². The van der Waals surface area contributed by atoms with Crippen molar-refractivity contribution < 1.29 is 13.2 Å². The predicted octanol–water partition coefficient (Wildman–Crippen LogP) is 5.43. The van der Waals surface area contributed by atoms with E-state index in [1.54, 1.807) is 18.3 Å². The third-order valence-electron chi connectivity index (χ3n) is 3.36. The van der Waals surface area contributed by atoms with Crippen LogP contribution in [-0.2, 0) is 6.18 Å². The minimum atomic E-state index is -4.36. The van der Waals surface area contributed by atoms with Gasteiger partial charge < -0.3 is 0 Å². The molecule has 2 aromatic carbocycles. The molecule has 1 heterocycles. The van der Waals surface area contributed by atoms with Crippen LogP contribution in [0.15, 0.2) is 72.9 Å². The molecule has 0 spiro atoms. The molecule has 22 heavy (non-hydrogen) atoms. The van der Waals surface area contributed by atoms with E-state index in [1.807, 2.05) is 36.4 Å². The van der Waals surface area contributed by atoms with Crippen LogP contribution in [0.1, 0.15) is 5.56 Å². The molecule has 0 amide bonds. The van der Waals surface area contributed by atoms with Crippen LogP contribution in [0.2, 0.25) is 0 Å². The van der Waals surface area contributed by atoms with Gasteiger partial charge in [0.05, 0.1) is 11.3 Å². The standard InChI is InChI=1S/C18H12F3N/c19-18(20,21)15-9-4-8-14(12-15)17-16(10-5-11-22-17)13-6-2-1-3-7-13/h1-12H. The van der Waals surface area contributed by atoms with Crippen molar-refractivity contribution in [2.24, 2.45) is 0 Å². The van der Waals surface area contributed by atoms with Crippen LogP contribution in [0, 0.1) is 0 Å². The molecule has 3 aromatic rings. The summed E-state index contributed by atoms with van der Waals surface area (Å²) in [5.41, 5.74) is 2.05. The van der Waals surface area contributed by atoms with Gasteiger partial charge in [0, 0.05) is 17.3 Å². The molecule has 0 aliphatic carbocycles. The second-order valence-corrected chi connectivity index (χ2v) is 4.84. The summed E-state index contributed by atoms with van der Waals surface area (Å²) in [7, 11) is 0. The van der Waals surface area contributed by atoms with Crippen molar-refractivity contribution in [3.63, 3.8) is 0 Å². The number of rotatable bonds is 2. The second-order valence-electron chi connectivity index (χ2n) is 4.84. The molecule has 3 rings (SSSR count). The third kappa shape index (κ3) is 2.86. The van der Waals surface area contributed by atoms with E-state index in [1.165, 1.54) is 6.07 Å². The maximum atomic E-state index is 12.9. The lowest BCUT2D eigenvalue weighted by atomic mass is 9.98. The molecule has 0 aliphatic rings. The molecule has 4 heteroatoms. The lowest BCUT2D eigenvalue weighted by molar-refractivity contribution is -0.137. The molecule has 1 aromatic heterocycles. The van der Waals surface area contributed by atoms with Gasteiger partial charge in [-0.2, -0.15) is 13.2 Å². The summed E-state index contributed by atoms with van der Waals surface area (Å²) < 4.78 is 38.7. The molecule has 0 unspecified atom stereocenters. The summed E-state index contributed by atoms with van der Waals surface area (Å²) in [6.07, 6.45) is -2.78. The maximum absolute atomic E-state index is 12.9. The van der Waals surface area contributed by atoms with Crippen LogP contribution in [0.25, 0.3) is 22.4 Å². The van der Waals surface area contributed by atoms with Gasteiger partial charge >= 0.3 is 6.18 Å². The van der Waals surface area contributed by atoms with E-state index in [4.69, 9.17) is 0 Å². The van der Waals surface area contributed by atoms with Gasteiger partial charge in [-0.05, 0) is 23.8 Å². The zero-order valence-electron chi connectivity index (χ0n) is 11.5. The molecule has 0 atom stereocenters. The van der Waals surface area contributed by atoms with Gasteiger partial charge in [-0.1, -0.05) is 48.5 Å². The van der Waals surface area contributed by atoms with Crippen molar-refractivity contribution in [2.75, 3.05) is 0 Å². The normalized spacial score (nSPS) is 11.4. The zero-order valence-corrected chi connectivity index (χ0v) is 11.5. The fourth-order valence-corrected chi connectivity index (χ4v) is 2.33. The van der Waals surface area contributed by atoms with E-state index < -0.39 is 11.7 Å². The minimum absolute atomic E-state index is 0.453. The summed E-state index contributed by atoms with van der Waals surface area (Å²) in [5, 5.41) is 0. The number of alkyl halides is 3. The fraction of sp³-hybridized carbons (Fsp3) is 0.0556. The predicted molar refractivity (Wildman–Crippen MR) is 80.1 cm³/mol. The highest BCUT2D eigenvalue weighted by Crippen LogP contribution is 2.34. The molecule has 1 nitrogen and oxygen atoms in total. The van der Waals surface area contributed by atoms with Crippen LogP contribution in [0.5, 0.6) is 0 Å². The first-order valence-corrected chi connectivity index (χ1v) is 6.74. The van der Waals surface area contributed by atoms with Crippen molar-refractivity contribution in [3.05, 3.63) is 78.5 Å². The topological polar surface area (TPSA) is 12.9 Å². The Morgan fingerprint density at radius 1 is 0.727 bits per heavy atom. The summed E-state index contributed by atoms with van der Waals surface area (Å²) in [5.74, 6) is 0. The van der Waals surface area contributed by atoms with E-state index >= 15 is 0 Å². The van der Waals surface area contributed by atoms with Gasteiger partial charge in [0.1, 0.15) is 0 Å². The highest BCUT2D eigenvalue weighted by Gasteiger charge is 2.30. The molecule has 0 saturated carbocycles.